The number of amides is 2. The molecule has 4 rings (SSSR count). The minimum atomic E-state index is -0.142. The van der Waals surface area contributed by atoms with Gasteiger partial charge in [-0.15, -0.1) is 0 Å². The van der Waals surface area contributed by atoms with Crippen molar-refractivity contribution < 1.29 is 9.59 Å². The molecule has 1 aromatic heterocycles. The molecule has 0 atom stereocenters. The Balaban J connectivity index is 1.42. The van der Waals surface area contributed by atoms with Crippen LogP contribution >= 0.6 is 0 Å². The number of carbonyl (C=O) groups is 2. The molecule has 128 valence electrons. The summed E-state index contributed by atoms with van der Waals surface area (Å²) in [5.74, 6) is 0.591. The van der Waals surface area contributed by atoms with Crippen molar-refractivity contribution in [2.45, 2.75) is 12.8 Å². The normalized spacial score (nSPS) is 18.1. The van der Waals surface area contributed by atoms with Gasteiger partial charge in [0.05, 0.1) is 17.2 Å². The largest absolute Gasteiger partial charge is 0.352 e. The Morgan fingerprint density at radius 3 is 2.52 bits per heavy atom. The van der Waals surface area contributed by atoms with Crippen molar-refractivity contribution in [1.82, 2.24) is 20.3 Å². The predicted octanol–water partition coefficient (Wildman–Crippen LogP) is 0.544. The number of para-hydroxylation sites is 2. The topological polar surface area (TPSA) is 90.8 Å². The van der Waals surface area contributed by atoms with E-state index in [1.54, 1.807) is 11.1 Å². The Morgan fingerprint density at radius 2 is 1.80 bits per heavy atom. The summed E-state index contributed by atoms with van der Waals surface area (Å²) >= 11 is 0. The van der Waals surface area contributed by atoms with Crippen molar-refractivity contribution >= 4 is 34.4 Å². The number of hydrazone groups is 1. The number of nitrogens with zero attached hydrogens (tertiary/aromatic N) is 5. The molecule has 3 heterocycles. The average Bonchev–Trinajstić information content (AvgIpc) is 2.68. The number of anilines is 1. The first-order valence-electron chi connectivity index (χ1n) is 8.32. The van der Waals surface area contributed by atoms with Gasteiger partial charge in [-0.05, 0) is 12.1 Å². The molecule has 8 heteroatoms. The molecule has 0 aliphatic carbocycles. The maximum Gasteiger partial charge on any atom is 0.270 e. The van der Waals surface area contributed by atoms with Crippen LogP contribution in [0.1, 0.15) is 12.8 Å². The van der Waals surface area contributed by atoms with Crippen LogP contribution in [0.15, 0.2) is 35.6 Å². The highest BCUT2D eigenvalue weighted by molar-refractivity contribution is 6.39. The van der Waals surface area contributed by atoms with Crippen LogP contribution in [0.3, 0.4) is 0 Å². The molecular weight excluding hydrogens is 320 g/mol. The van der Waals surface area contributed by atoms with Gasteiger partial charge in [0.1, 0.15) is 11.5 Å². The van der Waals surface area contributed by atoms with Gasteiger partial charge >= 0.3 is 0 Å². The van der Waals surface area contributed by atoms with E-state index in [4.69, 9.17) is 0 Å². The molecule has 1 saturated heterocycles. The molecule has 1 fully saturated rings. The third-order valence-corrected chi connectivity index (χ3v) is 4.48. The van der Waals surface area contributed by atoms with E-state index < -0.39 is 0 Å². The summed E-state index contributed by atoms with van der Waals surface area (Å²) in [5.41, 5.74) is 4.54. The Hall–Kier alpha value is -3.03. The molecule has 1 aromatic carbocycles. The maximum atomic E-state index is 12.5. The summed E-state index contributed by atoms with van der Waals surface area (Å²) in [6.45, 7) is 2.58. The number of carbonyl (C=O) groups excluding carboxylic acids is 2. The number of hydrogen-bond acceptors (Lipinski definition) is 6. The lowest BCUT2D eigenvalue weighted by atomic mass is 10.1. The second-order valence-electron chi connectivity index (χ2n) is 6.09. The maximum absolute atomic E-state index is 12.5. The summed E-state index contributed by atoms with van der Waals surface area (Å²) in [6, 6.07) is 7.77. The van der Waals surface area contributed by atoms with Crippen molar-refractivity contribution in [1.29, 1.82) is 0 Å². The average molecular weight is 338 g/mol. The number of piperazine rings is 1. The van der Waals surface area contributed by atoms with Crippen LogP contribution in [0.5, 0.6) is 0 Å². The van der Waals surface area contributed by atoms with Crippen LogP contribution in [0, 0.1) is 0 Å². The SMILES string of the molecule is O=C1CCC(C(=O)N2CCN(c3cnc4ccccc4n3)CC2)=NN1. The number of rotatable bonds is 2. The van der Waals surface area contributed by atoms with Gasteiger partial charge in [0.25, 0.3) is 5.91 Å². The molecule has 0 bridgehead atoms. The molecule has 25 heavy (non-hydrogen) atoms. The molecule has 2 aliphatic rings. The van der Waals surface area contributed by atoms with Crippen LogP contribution < -0.4 is 10.3 Å². The molecule has 2 amide bonds. The molecule has 0 saturated carbocycles. The predicted molar refractivity (Wildman–Crippen MR) is 93.1 cm³/mol. The van der Waals surface area contributed by atoms with Crippen molar-refractivity contribution in [2.75, 3.05) is 31.1 Å². The highest BCUT2D eigenvalue weighted by atomic mass is 16.2. The zero-order chi connectivity index (χ0) is 17.2. The number of aromatic nitrogens is 2. The highest BCUT2D eigenvalue weighted by Gasteiger charge is 2.27. The van der Waals surface area contributed by atoms with Crippen molar-refractivity contribution in [2.24, 2.45) is 5.10 Å². The van der Waals surface area contributed by atoms with E-state index >= 15 is 0 Å². The first-order chi connectivity index (χ1) is 12.2. The molecule has 0 spiro atoms. The van der Waals surface area contributed by atoms with Crippen LogP contribution in [-0.4, -0.2) is 58.6 Å². The first-order valence-corrected chi connectivity index (χ1v) is 8.32. The molecular formula is C17H18N6O2. The second-order valence-corrected chi connectivity index (χ2v) is 6.09. The molecule has 0 unspecified atom stereocenters. The lowest BCUT2D eigenvalue weighted by molar-refractivity contribution is -0.124. The molecule has 0 radical (unpaired) electrons. The zero-order valence-corrected chi connectivity index (χ0v) is 13.7. The molecule has 1 N–H and O–H groups in total. The van der Waals surface area contributed by atoms with Gasteiger partial charge in [-0.3, -0.25) is 14.6 Å². The van der Waals surface area contributed by atoms with Crippen LogP contribution in [0.2, 0.25) is 0 Å². The first kappa shape index (κ1) is 15.5. The van der Waals surface area contributed by atoms with E-state index in [1.807, 2.05) is 24.3 Å². The van der Waals surface area contributed by atoms with E-state index in [1.165, 1.54) is 0 Å². The Morgan fingerprint density at radius 1 is 1.04 bits per heavy atom. The van der Waals surface area contributed by atoms with Gasteiger partial charge in [-0.2, -0.15) is 5.10 Å². The Labute approximate surface area is 144 Å². The number of hydrogen-bond donors (Lipinski definition) is 1. The van der Waals surface area contributed by atoms with Gasteiger partial charge in [0.2, 0.25) is 5.91 Å². The van der Waals surface area contributed by atoms with Crippen molar-refractivity contribution in [3.05, 3.63) is 30.5 Å². The monoisotopic (exact) mass is 338 g/mol. The standard InChI is InChI=1S/C17H18N6O2/c24-16-6-5-14(20-21-16)17(25)23-9-7-22(8-10-23)15-11-18-12-3-1-2-4-13(12)19-15/h1-4,11H,5-10H2,(H,21,24). The van der Waals surface area contributed by atoms with Crippen LogP contribution in [0.25, 0.3) is 11.0 Å². The number of fused-ring (bicyclic) bond motifs is 1. The van der Waals surface area contributed by atoms with Gasteiger partial charge in [0, 0.05) is 39.0 Å². The lowest BCUT2D eigenvalue weighted by Crippen LogP contribution is -2.51. The van der Waals surface area contributed by atoms with E-state index in [2.05, 4.69) is 25.4 Å². The zero-order valence-electron chi connectivity index (χ0n) is 13.7. The quantitative estimate of drug-likeness (QED) is 0.863. The minimum Gasteiger partial charge on any atom is -0.352 e. The third kappa shape index (κ3) is 3.15. The number of benzene rings is 1. The van der Waals surface area contributed by atoms with Crippen molar-refractivity contribution in [3.63, 3.8) is 0 Å². The smallest absolute Gasteiger partial charge is 0.270 e. The summed E-state index contributed by atoms with van der Waals surface area (Å²) < 4.78 is 0. The lowest BCUT2D eigenvalue weighted by Gasteiger charge is -2.35. The minimum absolute atomic E-state index is 0.0933. The second kappa shape index (κ2) is 6.46. The molecule has 8 nitrogen and oxygen atoms in total. The highest BCUT2D eigenvalue weighted by Crippen LogP contribution is 2.17. The van der Waals surface area contributed by atoms with E-state index in [9.17, 15) is 9.59 Å². The summed E-state index contributed by atoms with van der Waals surface area (Å²) in [7, 11) is 0. The Bertz CT molecular complexity index is 857. The number of nitrogens with one attached hydrogen (secondary N) is 1. The van der Waals surface area contributed by atoms with Gasteiger partial charge < -0.3 is 9.80 Å². The molecule has 2 aliphatic heterocycles. The summed E-state index contributed by atoms with van der Waals surface area (Å²) in [4.78, 5) is 36.6. The summed E-state index contributed by atoms with van der Waals surface area (Å²) in [5, 5.41) is 3.89. The van der Waals surface area contributed by atoms with Gasteiger partial charge in [0.15, 0.2) is 0 Å². The van der Waals surface area contributed by atoms with Crippen molar-refractivity contribution in [3.8, 4) is 0 Å². The van der Waals surface area contributed by atoms with E-state index in [0.717, 1.165) is 16.9 Å². The third-order valence-electron chi connectivity index (χ3n) is 4.48. The van der Waals surface area contributed by atoms with E-state index in [-0.39, 0.29) is 11.8 Å². The van der Waals surface area contributed by atoms with Gasteiger partial charge in [-0.25, -0.2) is 10.4 Å². The fourth-order valence-corrected chi connectivity index (χ4v) is 3.05. The fraction of sp³-hybridized carbons (Fsp3) is 0.353. The van der Waals surface area contributed by atoms with Crippen LogP contribution in [0.4, 0.5) is 5.82 Å². The van der Waals surface area contributed by atoms with Gasteiger partial charge in [-0.1, -0.05) is 12.1 Å². The fourth-order valence-electron chi connectivity index (χ4n) is 3.05. The Kier molecular flexibility index (Phi) is 4.01. The molecule has 2 aromatic rings. The van der Waals surface area contributed by atoms with Crippen LogP contribution in [-0.2, 0) is 9.59 Å². The van der Waals surface area contributed by atoms with E-state index in [0.29, 0.717) is 44.7 Å². The summed E-state index contributed by atoms with van der Waals surface area (Å²) in [6.07, 6.45) is 2.50.